The van der Waals surface area contributed by atoms with E-state index in [1.807, 2.05) is 0 Å². The summed E-state index contributed by atoms with van der Waals surface area (Å²) in [6.45, 7) is 4.08. The van der Waals surface area contributed by atoms with Crippen LogP contribution in [0.4, 0.5) is 0 Å². The minimum atomic E-state index is -0.846. The molecule has 0 saturated heterocycles. The summed E-state index contributed by atoms with van der Waals surface area (Å²) in [5.41, 5.74) is 0. The van der Waals surface area contributed by atoms with E-state index in [0.29, 0.717) is 24.3 Å². The molecule has 2 atom stereocenters. The Morgan fingerprint density at radius 1 is 0.783 bits per heavy atom. The smallest absolute Gasteiger partial charge is 0.321 e. The van der Waals surface area contributed by atoms with E-state index in [-0.39, 0.29) is 26.4 Å². The molecule has 0 aliphatic heterocycles. The van der Waals surface area contributed by atoms with Gasteiger partial charge in [-0.05, 0) is 38.2 Å². The van der Waals surface area contributed by atoms with E-state index in [4.69, 9.17) is 14.2 Å². The fourth-order valence-corrected chi connectivity index (χ4v) is 3.04. The van der Waals surface area contributed by atoms with E-state index in [0.717, 1.165) is 0 Å². The first-order valence-corrected chi connectivity index (χ1v) is 9.42. The van der Waals surface area contributed by atoms with Gasteiger partial charge in [-0.15, -0.1) is 0 Å². The quantitative estimate of drug-likeness (QED) is 0.229. The van der Waals surface area contributed by atoms with Gasteiger partial charge < -0.3 is 14.2 Å². The van der Waals surface area contributed by atoms with Crippen LogP contribution in [0.1, 0.15) is 26.7 Å². The predicted octanol–water partition coefficient (Wildman–Crippen LogP) is 2.11. The summed E-state index contributed by atoms with van der Waals surface area (Å²) in [6.07, 6.45) is 1.04. The van der Waals surface area contributed by atoms with E-state index in [2.05, 4.69) is 50.5 Å². The molecule has 2 unspecified atom stereocenters. The summed E-state index contributed by atoms with van der Waals surface area (Å²) in [7, 11) is 0. The Bertz CT molecular complexity index is 340. The zero-order chi connectivity index (χ0) is 17.9. The van der Waals surface area contributed by atoms with Crippen molar-refractivity contribution < 1.29 is 23.8 Å². The molecule has 0 aromatic rings. The van der Waals surface area contributed by atoms with Crippen LogP contribution in [0.3, 0.4) is 0 Å². The van der Waals surface area contributed by atoms with E-state index in [9.17, 15) is 9.59 Å². The molecule has 0 aromatic carbocycles. The summed E-state index contributed by atoms with van der Waals surface area (Å²) in [5, 5.41) is 0. The van der Waals surface area contributed by atoms with Gasteiger partial charge in [0, 0.05) is 0 Å². The zero-order valence-electron chi connectivity index (χ0n) is 13.5. The average molecular weight is 403 g/mol. The zero-order valence-corrected chi connectivity index (χ0v) is 17.1. The second-order valence-electron chi connectivity index (χ2n) is 5.38. The predicted molar refractivity (Wildman–Crippen MR) is 104 cm³/mol. The lowest BCUT2D eigenvalue weighted by molar-refractivity contribution is -0.149. The largest absolute Gasteiger partial charge is 0.462 e. The van der Waals surface area contributed by atoms with Gasteiger partial charge in [0.25, 0.3) is 0 Å². The normalized spacial score (nSPS) is 16.3. The highest BCUT2D eigenvalue weighted by Crippen LogP contribution is 2.21. The lowest BCUT2D eigenvalue weighted by Gasteiger charge is -2.21. The molecule has 0 radical (unpaired) electrons. The SMILES string of the molecule is CC(S)(CCS)C(=O)OCCOCCOC(=O)C(C)(S)CCS. The summed E-state index contributed by atoms with van der Waals surface area (Å²) in [4.78, 5) is 23.5. The van der Waals surface area contributed by atoms with Crippen molar-refractivity contribution in [2.45, 2.75) is 36.2 Å². The molecule has 0 N–H and O–H groups in total. The van der Waals surface area contributed by atoms with Crippen LogP contribution >= 0.6 is 50.5 Å². The van der Waals surface area contributed by atoms with Crippen molar-refractivity contribution in [1.29, 1.82) is 0 Å². The molecule has 0 bridgehead atoms. The highest BCUT2D eigenvalue weighted by Gasteiger charge is 2.30. The molecule has 0 heterocycles. The third-order valence-electron chi connectivity index (χ3n) is 3.00. The maximum atomic E-state index is 11.7. The van der Waals surface area contributed by atoms with Gasteiger partial charge in [0.15, 0.2) is 0 Å². The van der Waals surface area contributed by atoms with E-state index < -0.39 is 21.4 Å². The van der Waals surface area contributed by atoms with Crippen molar-refractivity contribution in [3.63, 3.8) is 0 Å². The van der Waals surface area contributed by atoms with Gasteiger partial charge in [-0.3, -0.25) is 9.59 Å². The molecule has 0 spiro atoms. The Morgan fingerprint density at radius 2 is 1.13 bits per heavy atom. The number of esters is 2. The summed E-state index contributed by atoms with van der Waals surface area (Å²) < 4.78 is 13.7. The monoisotopic (exact) mass is 402 g/mol. The van der Waals surface area contributed by atoms with E-state index in [1.165, 1.54) is 0 Å². The second-order valence-corrected chi connectivity index (χ2v) is 8.25. The fraction of sp³-hybridized carbons (Fsp3) is 0.857. The standard InChI is InChI=1S/C14H26O5S4/c1-13(22,3-9-20)11(15)18-7-5-17-6-8-19-12(16)14(2,23)4-10-21/h20-23H,3-10H2,1-2H3. The first-order valence-electron chi connectivity index (χ1n) is 7.26. The molecule has 0 amide bonds. The summed E-state index contributed by atoms with van der Waals surface area (Å²) in [5.74, 6) is 0.299. The molecule has 0 aromatic heterocycles. The minimum absolute atomic E-state index is 0.124. The number of hydrogen-bond acceptors (Lipinski definition) is 9. The van der Waals surface area contributed by atoms with Crippen LogP contribution < -0.4 is 0 Å². The third-order valence-corrected chi connectivity index (χ3v) is 4.26. The summed E-state index contributed by atoms with van der Waals surface area (Å²) >= 11 is 16.7. The number of carbonyl (C=O) groups is 2. The van der Waals surface area contributed by atoms with Gasteiger partial charge in [-0.2, -0.15) is 50.5 Å². The van der Waals surface area contributed by atoms with Gasteiger partial charge in [0.2, 0.25) is 0 Å². The number of carbonyl (C=O) groups excluding carboxylic acids is 2. The van der Waals surface area contributed by atoms with Crippen molar-refractivity contribution >= 4 is 62.5 Å². The summed E-state index contributed by atoms with van der Waals surface area (Å²) in [6, 6.07) is 0. The minimum Gasteiger partial charge on any atom is -0.462 e. The Balaban J connectivity index is 3.75. The molecule has 23 heavy (non-hydrogen) atoms. The van der Waals surface area contributed by atoms with Crippen molar-refractivity contribution in [1.82, 2.24) is 0 Å². The van der Waals surface area contributed by atoms with Crippen LogP contribution in [0, 0.1) is 0 Å². The van der Waals surface area contributed by atoms with E-state index in [1.54, 1.807) is 13.8 Å². The molecule has 5 nitrogen and oxygen atoms in total. The molecule has 0 aliphatic rings. The first-order chi connectivity index (χ1) is 10.7. The van der Waals surface area contributed by atoms with Gasteiger partial charge in [0.1, 0.15) is 22.7 Å². The third kappa shape index (κ3) is 10.0. The Morgan fingerprint density at radius 3 is 1.43 bits per heavy atom. The van der Waals surface area contributed by atoms with Gasteiger partial charge in [-0.1, -0.05) is 0 Å². The van der Waals surface area contributed by atoms with Gasteiger partial charge >= 0.3 is 11.9 Å². The molecule has 0 fully saturated rings. The van der Waals surface area contributed by atoms with Crippen LogP contribution in [0.5, 0.6) is 0 Å². The lowest BCUT2D eigenvalue weighted by Crippen LogP contribution is -2.33. The Kier molecular flexibility index (Phi) is 11.9. The highest BCUT2D eigenvalue weighted by atomic mass is 32.1. The fourth-order valence-electron chi connectivity index (χ4n) is 1.44. The Labute approximate surface area is 160 Å². The molecule has 9 heteroatoms. The van der Waals surface area contributed by atoms with Crippen LogP contribution in [-0.2, 0) is 23.8 Å². The Hall–Kier alpha value is 0.300. The maximum absolute atomic E-state index is 11.7. The lowest BCUT2D eigenvalue weighted by atomic mass is 10.1. The number of ether oxygens (including phenoxy) is 3. The van der Waals surface area contributed by atoms with Crippen molar-refractivity contribution in [3.8, 4) is 0 Å². The van der Waals surface area contributed by atoms with Crippen molar-refractivity contribution in [2.75, 3.05) is 37.9 Å². The van der Waals surface area contributed by atoms with Crippen LogP contribution in [0.15, 0.2) is 0 Å². The van der Waals surface area contributed by atoms with Crippen LogP contribution in [0.25, 0.3) is 0 Å². The highest BCUT2D eigenvalue weighted by molar-refractivity contribution is 7.83. The van der Waals surface area contributed by atoms with Crippen LogP contribution in [0.2, 0.25) is 0 Å². The number of rotatable bonds is 12. The molecular weight excluding hydrogens is 376 g/mol. The maximum Gasteiger partial charge on any atom is 0.321 e. The molecular formula is C14H26O5S4. The molecule has 136 valence electrons. The first kappa shape index (κ1) is 23.3. The topological polar surface area (TPSA) is 61.8 Å². The number of hydrogen-bond donors (Lipinski definition) is 4. The second kappa shape index (κ2) is 11.8. The van der Waals surface area contributed by atoms with Gasteiger partial charge in [0.05, 0.1) is 13.2 Å². The van der Waals surface area contributed by atoms with Crippen LogP contribution in [-0.4, -0.2) is 59.4 Å². The number of thiol groups is 4. The molecule has 0 aliphatic carbocycles. The van der Waals surface area contributed by atoms with Gasteiger partial charge in [-0.25, -0.2) is 0 Å². The van der Waals surface area contributed by atoms with E-state index >= 15 is 0 Å². The molecule has 0 rings (SSSR count). The molecule has 0 saturated carbocycles. The average Bonchev–Trinajstić information content (AvgIpc) is 2.45. The van der Waals surface area contributed by atoms with Crippen molar-refractivity contribution in [3.05, 3.63) is 0 Å². The van der Waals surface area contributed by atoms with Crippen molar-refractivity contribution in [2.24, 2.45) is 0 Å².